The second-order valence-electron chi connectivity index (χ2n) is 5.63. The normalized spacial score (nSPS) is 41.4. The van der Waals surface area contributed by atoms with Crippen molar-refractivity contribution in [3.05, 3.63) is 0 Å². The fraction of sp³-hybridized carbons (Fsp3) is 1.00. The molecule has 92 valence electrons. The summed E-state index contributed by atoms with van der Waals surface area (Å²) >= 11 is 2.15. The zero-order chi connectivity index (χ0) is 11.0. The minimum atomic E-state index is 0.798. The number of fused-ring (bicyclic) bond motifs is 2. The highest BCUT2D eigenvalue weighted by Gasteiger charge is 2.43. The molecule has 2 nitrogen and oxygen atoms in total. The average Bonchev–Trinajstić information content (AvgIpc) is 2.61. The Bertz CT molecular complexity index is 226. The molecule has 3 saturated heterocycles. The van der Waals surface area contributed by atoms with Crippen molar-refractivity contribution in [2.45, 2.75) is 62.7 Å². The van der Waals surface area contributed by atoms with Crippen LogP contribution in [-0.2, 0) is 0 Å². The van der Waals surface area contributed by atoms with Gasteiger partial charge in [0.05, 0.1) is 0 Å². The van der Waals surface area contributed by atoms with Crippen molar-refractivity contribution in [2.75, 3.05) is 18.6 Å². The van der Waals surface area contributed by atoms with Crippen molar-refractivity contribution in [1.82, 2.24) is 10.2 Å². The molecule has 2 atom stereocenters. The molecule has 16 heavy (non-hydrogen) atoms. The van der Waals surface area contributed by atoms with E-state index in [4.69, 9.17) is 0 Å². The van der Waals surface area contributed by atoms with Crippen LogP contribution >= 0.6 is 11.8 Å². The molecule has 3 aliphatic rings. The fourth-order valence-corrected chi connectivity index (χ4v) is 5.11. The number of hydrogen-bond donors (Lipinski definition) is 1. The average molecular weight is 240 g/mol. The van der Waals surface area contributed by atoms with Gasteiger partial charge in [-0.25, -0.2) is 0 Å². The van der Waals surface area contributed by atoms with Crippen molar-refractivity contribution in [3.8, 4) is 0 Å². The largest absolute Gasteiger partial charge is 0.317 e. The molecule has 0 aromatic heterocycles. The molecule has 1 N–H and O–H groups in total. The van der Waals surface area contributed by atoms with Gasteiger partial charge in [-0.15, -0.1) is 0 Å². The topological polar surface area (TPSA) is 15.3 Å². The Morgan fingerprint density at radius 3 is 2.12 bits per heavy atom. The van der Waals surface area contributed by atoms with Crippen molar-refractivity contribution >= 4 is 11.8 Å². The van der Waals surface area contributed by atoms with Gasteiger partial charge in [0.1, 0.15) is 0 Å². The highest BCUT2D eigenvalue weighted by molar-refractivity contribution is 7.99. The van der Waals surface area contributed by atoms with Gasteiger partial charge in [-0.2, -0.15) is 11.8 Å². The molecule has 0 aliphatic carbocycles. The van der Waals surface area contributed by atoms with E-state index in [1.165, 1.54) is 50.0 Å². The van der Waals surface area contributed by atoms with Crippen LogP contribution in [0.2, 0.25) is 0 Å². The van der Waals surface area contributed by atoms with Crippen LogP contribution in [0.3, 0.4) is 0 Å². The van der Waals surface area contributed by atoms with Gasteiger partial charge in [-0.1, -0.05) is 0 Å². The van der Waals surface area contributed by atoms with E-state index in [0.717, 1.165) is 24.2 Å². The maximum absolute atomic E-state index is 3.50. The van der Waals surface area contributed by atoms with Gasteiger partial charge in [0.15, 0.2) is 0 Å². The molecule has 3 fully saturated rings. The van der Waals surface area contributed by atoms with Crippen LogP contribution in [-0.4, -0.2) is 47.6 Å². The molecular weight excluding hydrogens is 216 g/mol. The van der Waals surface area contributed by atoms with Crippen molar-refractivity contribution in [2.24, 2.45) is 0 Å². The molecule has 0 spiro atoms. The quantitative estimate of drug-likeness (QED) is 0.796. The first-order valence-corrected chi connectivity index (χ1v) is 8.06. The molecule has 0 saturated carbocycles. The maximum Gasteiger partial charge on any atom is 0.0117 e. The summed E-state index contributed by atoms with van der Waals surface area (Å²) in [6, 6.07) is 3.54. The number of piperidine rings is 1. The number of thioether (sulfide) groups is 1. The minimum Gasteiger partial charge on any atom is -0.317 e. The standard InChI is InChI=1S/C13H24N2S/c1-14-10-8-12-2-3-13(9-10)15(12)11-4-6-16-7-5-11/h10-14H,2-9H2,1H3. The van der Waals surface area contributed by atoms with Crippen LogP contribution in [0.25, 0.3) is 0 Å². The zero-order valence-electron chi connectivity index (χ0n) is 10.3. The Labute approximate surface area is 104 Å². The maximum atomic E-state index is 3.50. The summed E-state index contributed by atoms with van der Waals surface area (Å²) in [6.45, 7) is 0. The summed E-state index contributed by atoms with van der Waals surface area (Å²) in [4.78, 5) is 2.92. The number of nitrogens with zero attached hydrogens (tertiary/aromatic N) is 1. The molecule has 3 heterocycles. The Morgan fingerprint density at radius 2 is 1.56 bits per heavy atom. The first-order chi connectivity index (χ1) is 7.88. The summed E-state index contributed by atoms with van der Waals surface area (Å²) in [6.07, 6.45) is 8.62. The number of hydrogen-bond acceptors (Lipinski definition) is 3. The summed E-state index contributed by atoms with van der Waals surface area (Å²) in [5, 5.41) is 3.50. The van der Waals surface area contributed by atoms with E-state index in [-0.39, 0.29) is 0 Å². The van der Waals surface area contributed by atoms with Crippen LogP contribution in [0, 0.1) is 0 Å². The Hall–Kier alpha value is 0.270. The number of nitrogens with one attached hydrogen (secondary N) is 1. The zero-order valence-corrected chi connectivity index (χ0v) is 11.1. The van der Waals surface area contributed by atoms with Gasteiger partial charge in [0.25, 0.3) is 0 Å². The van der Waals surface area contributed by atoms with Crippen LogP contribution < -0.4 is 5.32 Å². The van der Waals surface area contributed by atoms with Gasteiger partial charge in [0, 0.05) is 24.2 Å². The molecule has 2 unspecified atom stereocenters. The Morgan fingerprint density at radius 1 is 0.938 bits per heavy atom. The predicted octanol–water partition coefficient (Wildman–Crippen LogP) is 2.10. The summed E-state index contributed by atoms with van der Waals surface area (Å²) in [5.41, 5.74) is 0. The third-order valence-electron chi connectivity index (χ3n) is 4.81. The van der Waals surface area contributed by atoms with Crippen molar-refractivity contribution < 1.29 is 0 Å². The van der Waals surface area contributed by atoms with E-state index in [9.17, 15) is 0 Å². The molecule has 0 aromatic carbocycles. The van der Waals surface area contributed by atoms with Crippen LogP contribution in [0.15, 0.2) is 0 Å². The Kier molecular flexibility index (Phi) is 3.46. The molecule has 3 rings (SSSR count). The first kappa shape index (κ1) is 11.4. The third-order valence-corrected chi connectivity index (χ3v) is 5.86. The lowest BCUT2D eigenvalue weighted by Crippen LogP contribution is -2.53. The van der Waals surface area contributed by atoms with Crippen LogP contribution in [0.5, 0.6) is 0 Å². The SMILES string of the molecule is CNC1CC2CCC(C1)N2C1CCSCC1. The fourth-order valence-electron chi connectivity index (χ4n) is 4.03. The van der Waals surface area contributed by atoms with Gasteiger partial charge < -0.3 is 5.32 Å². The van der Waals surface area contributed by atoms with Crippen LogP contribution in [0.4, 0.5) is 0 Å². The van der Waals surface area contributed by atoms with E-state index in [0.29, 0.717) is 0 Å². The Balaban J connectivity index is 1.68. The van der Waals surface area contributed by atoms with Gasteiger partial charge in [-0.05, 0) is 57.1 Å². The molecule has 3 aliphatic heterocycles. The molecule has 2 bridgehead atoms. The predicted molar refractivity (Wildman–Crippen MR) is 71.1 cm³/mol. The number of rotatable bonds is 2. The highest BCUT2D eigenvalue weighted by Crippen LogP contribution is 2.39. The molecule has 3 heteroatoms. The van der Waals surface area contributed by atoms with Crippen molar-refractivity contribution in [3.63, 3.8) is 0 Å². The smallest absolute Gasteiger partial charge is 0.0117 e. The monoisotopic (exact) mass is 240 g/mol. The molecule has 0 amide bonds. The van der Waals surface area contributed by atoms with E-state index in [1.807, 2.05) is 0 Å². The lowest BCUT2D eigenvalue weighted by molar-refractivity contribution is 0.0670. The summed E-state index contributed by atoms with van der Waals surface area (Å²) in [5.74, 6) is 2.80. The van der Waals surface area contributed by atoms with Crippen molar-refractivity contribution in [1.29, 1.82) is 0 Å². The van der Waals surface area contributed by atoms with Gasteiger partial charge in [0.2, 0.25) is 0 Å². The molecule has 0 radical (unpaired) electrons. The third kappa shape index (κ3) is 2.02. The van der Waals surface area contributed by atoms with E-state index < -0.39 is 0 Å². The van der Waals surface area contributed by atoms with Gasteiger partial charge >= 0.3 is 0 Å². The molecular formula is C13H24N2S. The second kappa shape index (κ2) is 4.87. The van der Waals surface area contributed by atoms with E-state index in [2.05, 4.69) is 29.0 Å². The van der Waals surface area contributed by atoms with Gasteiger partial charge in [-0.3, -0.25) is 4.90 Å². The summed E-state index contributed by atoms with van der Waals surface area (Å²) in [7, 11) is 2.14. The first-order valence-electron chi connectivity index (χ1n) is 6.91. The highest BCUT2D eigenvalue weighted by atomic mass is 32.2. The van der Waals surface area contributed by atoms with Crippen LogP contribution in [0.1, 0.15) is 38.5 Å². The lowest BCUT2D eigenvalue weighted by atomic mass is 9.94. The summed E-state index contributed by atoms with van der Waals surface area (Å²) < 4.78 is 0. The van der Waals surface area contributed by atoms with E-state index in [1.54, 1.807) is 0 Å². The minimum absolute atomic E-state index is 0.798. The van der Waals surface area contributed by atoms with E-state index >= 15 is 0 Å². The lowest BCUT2D eigenvalue weighted by Gasteiger charge is -2.44. The molecule has 0 aromatic rings. The second-order valence-corrected chi connectivity index (χ2v) is 6.86.